The van der Waals surface area contributed by atoms with E-state index in [-0.39, 0.29) is 0 Å². The lowest BCUT2D eigenvalue weighted by Gasteiger charge is -2.14. The Labute approximate surface area is 71.4 Å². The van der Waals surface area contributed by atoms with Crippen LogP contribution >= 0.6 is 0 Å². The Kier molecular flexibility index (Phi) is 2.51. The Balaban J connectivity index is 2.90. The van der Waals surface area contributed by atoms with E-state index < -0.39 is 23.7 Å². The van der Waals surface area contributed by atoms with Crippen LogP contribution in [0.1, 0.15) is 11.7 Å². The zero-order valence-electron chi connectivity index (χ0n) is 6.35. The van der Waals surface area contributed by atoms with E-state index in [4.69, 9.17) is 5.73 Å². The van der Waals surface area contributed by atoms with Crippen molar-refractivity contribution in [3.8, 4) is 0 Å². The zero-order chi connectivity index (χ0) is 10.1. The van der Waals surface area contributed by atoms with Gasteiger partial charge in [0.2, 0.25) is 0 Å². The first-order valence-electron chi connectivity index (χ1n) is 3.35. The van der Waals surface area contributed by atoms with Crippen molar-refractivity contribution in [3.05, 3.63) is 29.8 Å². The summed E-state index contributed by atoms with van der Waals surface area (Å²) in [5, 5.41) is 0. The number of hydrogen-bond acceptors (Lipinski definition) is 2. The number of nitrogens with zero attached hydrogens (tertiary/aromatic N) is 1. The topological polar surface area (TPSA) is 38.9 Å². The average Bonchev–Trinajstić information content (AvgIpc) is 2.03. The molecule has 0 aromatic carbocycles. The van der Waals surface area contributed by atoms with Gasteiger partial charge in [0, 0.05) is 0 Å². The first-order chi connectivity index (χ1) is 5.91. The maximum Gasteiger partial charge on any atom is 0.409 e. The van der Waals surface area contributed by atoms with Crippen LogP contribution in [0.3, 0.4) is 0 Å². The molecule has 0 saturated carbocycles. The summed E-state index contributed by atoms with van der Waals surface area (Å²) in [6, 6.07) is -0.366. The standard InChI is InChI=1S/C7H6F4N2/c8-4-1-2-5(13-3-4)6(12)7(9,10)11/h1-3,6H,12H2. The molecule has 0 spiro atoms. The number of alkyl halides is 3. The van der Waals surface area contributed by atoms with Gasteiger partial charge in [-0.25, -0.2) is 4.39 Å². The molecule has 0 saturated heterocycles. The Hall–Kier alpha value is -1.17. The van der Waals surface area contributed by atoms with E-state index in [0.29, 0.717) is 6.20 Å². The van der Waals surface area contributed by atoms with Crippen molar-refractivity contribution in [1.82, 2.24) is 4.98 Å². The molecular formula is C7H6F4N2. The second-order valence-corrected chi connectivity index (χ2v) is 2.42. The third-order valence-electron chi connectivity index (χ3n) is 1.42. The van der Waals surface area contributed by atoms with E-state index in [1.54, 1.807) is 0 Å². The van der Waals surface area contributed by atoms with Crippen LogP contribution in [0, 0.1) is 5.82 Å². The Morgan fingerprint density at radius 2 is 1.92 bits per heavy atom. The summed E-state index contributed by atoms with van der Waals surface area (Å²) < 4.78 is 48.2. The summed E-state index contributed by atoms with van der Waals surface area (Å²) in [6.07, 6.45) is -3.86. The van der Waals surface area contributed by atoms with Crippen molar-refractivity contribution >= 4 is 0 Å². The summed E-state index contributed by atoms with van der Waals surface area (Å²) in [4.78, 5) is 3.22. The summed E-state index contributed by atoms with van der Waals surface area (Å²) in [5.74, 6) is -0.696. The number of halogens is 4. The highest BCUT2D eigenvalue weighted by atomic mass is 19.4. The quantitative estimate of drug-likeness (QED) is 0.692. The Morgan fingerprint density at radius 3 is 2.31 bits per heavy atom. The van der Waals surface area contributed by atoms with Crippen LogP contribution in [0.15, 0.2) is 18.3 Å². The fourth-order valence-electron chi connectivity index (χ4n) is 0.739. The van der Waals surface area contributed by atoms with Crippen molar-refractivity contribution in [2.45, 2.75) is 12.2 Å². The predicted molar refractivity (Wildman–Crippen MR) is 37.2 cm³/mol. The molecule has 1 heterocycles. The molecule has 6 heteroatoms. The molecule has 0 aliphatic carbocycles. The minimum absolute atomic E-state index is 0.395. The second kappa shape index (κ2) is 3.29. The third-order valence-corrected chi connectivity index (χ3v) is 1.42. The minimum Gasteiger partial charge on any atom is -0.315 e. The molecule has 13 heavy (non-hydrogen) atoms. The van der Waals surface area contributed by atoms with Crippen LogP contribution in [-0.2, 0) is 0 Å². The van der Waals surface area contributed by atoms with Crippen LogP contribution in [0.5, 0.6) is 0 Å². The highest BCUT2D eigenvalue weighted by Gasteiger charge is 2.38. The number of rotatable bonds is 1. The fraction of sp³-hybridized carbons (Fsp3) is 0.286. The number of aromatic nitrogens is 1. The summed E-state index contributed by atoms with van der Waals surface area (Å²) in [6.45, 7) is 0. The minimum atomic E-state index is -4.55. The van der Waals surface area contributed by atoms with Gasteiger partial charge >= 0.3 is 6.18 Å². The van der Waals surface area contributed by atoms with E-state index in [2.05, 4.69) is 4.98 Å². The summed E-state index contributed by atoms with van der Waals surface area (Å²) in [7, 11) is 0. The van der Waals surface area contributed by atoms with Crippen LogP contribution in [-0.4, -0.2) is 11.2 Å². The van der Waals surface area contributed by atoms with E-state index >= 15 is 0 Å². The fourth-order valence-corrected chi connectivity index (χ4v) is 0.739. The van der Waals surface area contributed by atoms with Crippen LogP contribution < -0.4 is 5.73 Å². The molecule has 1 rings (SSSR count). The van der Waals surface area contributed by atoms with Crippen molar-refractivity contribution < 1.29 is 17.6 Å². The average molecular weight is 194 g/mol. The molecule has 1 aromatic rings. The number of hydrogen-bond donors (Lipinski definition) is 1. The molecule has 1 unspecified atom stereocenters. The van der Waals surface area contributed by atoms with Crippen molar-refractivity contribution in [2.75, 3.05) is 0 Å². The summed E-state index contributed by atoms with van der Waals surface area (Å²) in [5.41, 5.74) is 4.42. The first-order valence-corrected chi connectivity index (χ1v) is 3.35. The maximum absolute atomic E-state index is 12.3. The van der Waals surface area contributed by atoms with E-state index in [0.717, 1.165) is 12.1 Å². The zero-order valence-corrected chi connectivity index (χ0v) is 6.35. The van der Waals surface area contributed by atoms with Crippen molar-refractivity contribution in [1.29, 1.82) is 0 Å². The molecular weight excluding hydrogens is 188 g/mol. The van der Waals surface area contributed by atoms with Gasteiger partial charge in [-0.15, -0.1) is 0 Å². The second-order valence-electron chi connectivity index (χ2n) is 2.42. The molecule has 0 aliphatic heterocycles. The first kappa shape index (κ1) is 9.91. The molecule has 0 fully saturated rings. The smallest absolute Gasteiger partial charge is 0.315 e. The third kappa shape index (κ3) is 2.38. The van der Waals surface area contributed by atoms with Gasteiger partial charge in [0.1, 0.15) is 11.9 Å². The monoisotopic (exact) mass is 194 g/mol. The summed E-state index contributed by atoms with van der Waals surface area (Å²) >= 11 is 0. The van der Waals surface area contributed by atoms with Crippen molar-refractivity contribution in [2.24, 2.45) is 5.73 Å². The van der Waals surface area contributed by atoms with E-state index in [1.807, 2.05) is 0 Å². The van der Waals surface area contributed by atoms with E-state index in [9.17, 15) is 17.6 Å². The van der Waals surface area contributed by atoms with Crippen LogP contribution in [0.25, 0.3) is 0 Å². The molecule has 2 nitrogen and oxygen atoms in total. The maximum atomic E-state index is 12.3. The van der Waals surface area contributed by atoms with Gasteiger partial charge in [0.15, 0.2) is 0 Å². The van der Waals surface area contributed by atoms with Gasteiger partial charge < -0.3 is 5.73 Å². The van der Waals surface area contributed by atoms with Gasteiger partial charge in [0.05, 0.1) is 11.9 Å². The molecule has 1 atom stereocenters. The molecule has 0 radical (unpaired) electrons. The molecule has 72 valence electrons. The van der Waals surface area contributed by atoms with Gasteiger partial charge in [-0.2, -0.15) is 13.2 Å². The number of nitrogens with two attached hydrogens (primary N) is 1. The van der Waals surface area contributed by atoms with E-state index in [1.165, 1.54) is 0 Å². The molecule has 0 amide bonds. The van der Waals surface area contributed by atoms with Crippen LogP contribution in [0.4, 0.5) is 17.6 Å². The largest absolute Gasteiger partial charge is 0.409 e. The molecule has 2 N–H and O–H groups in total. The van der Waals surface area contributed by atoms with Gasteiger partial charge in [0.25, 0.3) is 0 Å². The SMILES string of the molecule is NC(c1ccc(F)cn1)C(F)(F)F. The molecule has 0 bridgehead atoms. The van der Waals surface area contributed by atoms with Gasteiger partial charge in [-0.1, -0.05) is 0 Å². The lowest BCUT2D eigenvalue weighted by molar-refractivity contribution is -0.150. The van der Waals surface area contributed by atoms with Gasteiger partial charge in [-0.05, 0) is 12.1 Å². The van der Waals surface area contributed by atoms with Gasteiger partial charge in [-0.3, -0.25) is 4.98 Å². The predicted octanol–water partition coefficient (Wildman–Crippen LogP) is 1.78. The highest BCUT2D eigenvalue weighted by molar-refractivity contribution is 5.10. The molecule has 1 aromatic heterocycles. The lowest BCUT2D eigenvalue weighted by atomic mass is 10.2. The van der Waals surface area contributed by atoms with Crippen molar-refractivity contribution in [3.63, 3.8) is 0 Å². The highest BCUT2D eigenvalue weighted by Crippen LogP contribution is 2.28. The Bertz CT molecular complexity index is 280. The lowest BCUT2D eigenvalue weighted by Crippen LogP contribution is -2.29. The normalized spacial score (nSPS) is 14.2. The van der Waals surface area contributed by atoms with Crippen LogP contribution in [0.2, 0.25) is 0 Å². The number of pyridine rings is 1. The Morgan fingerprint density at radius 1 is 1.31 bits per heavy atom. The molecule has 0 aliphatic rings.